The van der Waals surface area contributed by atoms with Crippen LogP contribution in [0.1, 0.15) is 23.9 Å². The third-order valence-corrected chi connectivity index (χ3v) is 4.99. The lowest BCUT2D eigenvalue weighted by molar-refractivity contribution is 0.372. The number of fused-ring (bicyclic) bond motifs is 3. The normalized spacial score (nSPS) is 18.2. The summed E-state index contributed by atoms with van der Waals surface area (Å²) in [5, 5.41) is 15.4. The van der Waals surface area contributed by atoms with Gasteiger partial charge in [0.05, 0.1) is 23.7 Å². The Kier molecular flexibility index (Phi) is 3.41. The number of nitrogens with zero attached hydrogens (tertiary/aromatic N) is 5. The molecule has 8 heteroatoms. The minimum atomic E-state index is 0.220. The third kappa shape index (κ3) is 2.54. The molecule has 2 aliphatic rings. The van der Waals surface area contributed by atoms with Crippen molar-refractivity contribution in [2.75, 3.05) is 0 Å². The number of benzene rings is 1. The minimum absolute atomic E-state index is 0.220. The van der Waals surface area contributed by atoms with Crippen molar-refractivity contribution < 1.29 is 8.83 Å². The summed E-state index contributed by atoms with van der Waals surface area (Å²) in [5.41, 5.74) is 2.21. The van der Waals surface area contributed by atoms with Crippen molar-refractivity contribution in [3.63, 3.8) is 0 Å². The lowest BCUT2D eigenvalue weighted by Gasteiger charge is -2.29. The molecule has 2 aromatic heterocycles. The molecule has 0 fully saturated rings. The maximum Gasteiger partial charge on any atom is 0.283 e. The number of aromatic nitrogens is 2. The summed E-state index contributed by atoms with van der Waals surface area (Å²) in [6.45, 7) is 0. The van der Waals surface area contributed by atoms with Gasteiger partial charge < -0.3 is 8.83 Å². The molecule has 0 aliphatic carbocycles. The number of aliphatic imine (C=N–C) groups is 1. The second kappa shape index (κ2) is 5.89. The molecule has 2 aliphatic heterocycles. The van der Waals surface area contributed by atoms with Crippen LogP contribution >= 0.6 is 11.8 Å². The van der Waals surface area contributed by atoms with E-state index in [0.717, 1.165) is 17.3 Å². The smallest absolute Gasteiger partial charge is 0.283 e. The van der Waals surface area contributed by atoms with E-state index in [9.17, 15) is 0 Å². The van der Waals surface area contributed by atoms with E-state index in [0.29, 0.717) is 23.3 Å². The molecule has 0 saturated carbocycles. The first-order valence-corrected chi connectivity index (χ1v) is 8.85. The Morgan fingerprint density at radius 1 is 1.16 bits per heavy atom. The van der Waals surface area contributed by atoms with E-state index in [1.165, 1.54) is 17.3 Å². The molecule has 0 saturated heterocycles. The van der Waals surface area contributed by atoms with Gasteiger partial charge in [-0.1, -0.05) is 30.0 Å². The first-order chi connectivity index (χ1) is 12.4. The summed E-state index contributed by atoms with van der Waals surface area (Å²) in [6, 6.07) is 12.0. The fourth-order valence-electron chi connectivity index (χ4n) is 2.92. The summed E-state index contributed by atoms with van der Waals surface area (Å²) < 4.78 is 10.9. The van der Waals surface area contributed by atoms with Gasteiger partial charge in [0.2, 0.25) is 5.89 Å². The van der Waals surface area contributed by atoms with Crippen molar-refractivity contribution in [3.05, 3.63) is 54.1 Å². The Bertz CT molecular complexity index is 963. The largest absolute Gasteiger partial charge is 0.459 e. The number of thioether (sulfide) groups is 1. The number of rotatable bonds is 3. The highest BCUT2D eigenvalue weighted by molar-refractivity contribution is 8.13. The number of hydrazone groups is 1. The van der Waals surface area contributed by atoms with Crippen LogP contribution in [0.4, 0.5) is 5.69 Å². The predicted octanol–water partition coefficient (Wildman–Crippen LogP) is 4.00. The number of para-hydroxylation sites is 1. The van der Waals surface area contributed by atoms with Gasteiger partial charge >= 0.3 is 0 Å². The van der Waals surface area contributed by atoms with Crippen LogP contribution in [0.2, 0.25) is 0 Å². The molecule has 0 spiro atoms. The average Bonchev–Trinajstić information content (AvgIpc) is 3.40. The standard InChI is InChI=1S/C17H13N5O2S/c1-2-5-12-11(4-1)13-7-8-18-22(13)17(19-12)25-10-15-20-21-16(24-15)14-6-3-9-23-14/h1-6,8-9,13H,7,10H2/t13-/m1/s1. The summed E-state index contributed by atoms with van der Waals surface area (Å²) >= 11 is 1.54. The van der Waals surface area contributed by atoms with Crippen LogP contribution in [-0.2, 0) is 5.75 Å². The van der Waals surface area contributed by atoms with Crippen LogP contribution in [0.15, 0.2) is 61.6 Å². The van der Waals surface area contributed by atoms with Crippen molar-refractivity contribution in [1.82, 2.24) is 15.2 Å². The van der Waals surface area contributed by atoms with Crippen molar-refractivity contribution in [1.29, 1.82) is 0 Å². The van der Waals surface area contributed by atoms with Crippen molar-refractivity contribution in [3.8, 4) is 11.7 Å². The molecule has 0 unspecified atom stereocenters. The molecular weight excluding hydrogens is 338 g/mol. The van der Waals surface area contributed by atoms with Crippen molar-refractivity contribution >= 4 is 28.8 Å². The van der Waals surface area contributed by atoms with Gasteiger partial charge in [-0.15, -0.1) is 10.2 Å². The van der Waals surface area contributed by atoms with Gasteiger partial charge in [-0.05, 0) is 18.2 Å². The third-order valence-electron chi connectivity index (χ3n) is 4.06. The molecule has 1 aromatic carbocycles. The summed E-state index contributed by atoms with van der Waals surface area (Å²) in [6.07, 6.45) is 4.40. The maximum atomic E-state index is 5.65. The molecule has 4 heterocycles. The minimum Gasteiger partial charge on any atom is -0.459 e. The second-order valence-electron chi connectivity index (χ2n) is 5.61. The SMILES string of the molecule is C1=NN2C(SCc3nnc(-c4ccco4)o3)=Nc3ccccc3[C@H]2C1. The van der Waals surface area contributed by atoms with Gasteiger partial charge in [0, 0.05) is 18.2 Å². The van der Waals surface area contributed by atoms with Gasteiger partial charge in [-0.3, -0.25) is 0 Å². The molecule has 0 bridgehead atoms. The molecule has 25 heavy (non-hydrogen) atoms. The monoisotopic (exact) mass is 351 g/mol. The first-order valence-electron chi connectivity index (χ1n) is 7.87. The van der Waals surface area contributed by atoms with Gasteiger partial charge in [0.15, 0.2) is 10.9 Å². The molecule has 0 radical (unpaired) electrons. The molecule has 3 aromatic rings. The number of hydrogen-bond donors (Lipinski definition) is 0. The van der Waals surface area contributed by atoms with Crippen LogP contribution in [0.25, 0.3) is 11.7 Å². The molecule has 7 nitrogen and oxygen atoms in total. The predicted molar refractivity (Wildman–Crippen MR) is 94.5 cm³/mol. The Morgan fingerprint density at radius 3 is 3.04 bits per heavy atom. The van der Waals surface area contributed by atoms with Gasteiger partial charge in [-0.2, -0.15) is 5.10 Å². The highest BCUT2D eigenvalue weighted by Gasteiger charge is 2.32. The van der Waals surface area contributed by atoms with E-state index < -0.39 is 0 Å². The van der Waals surface area contributed by atoms with E-state index in [1.807, 2.05) is 29.4 Å². The number of furan rings is 1. The van der Waals surface area contributed by atoms with Crippen molar-refractivity contribution in [2.45, 2.75) is 18.2 Å². The fourth-order valence-corrected chi connectivity index (χ4v) is 3.76. The summed E-state index contributed by atoms with van der Waals surface area (Å²) in [7, 11) is 0. The highest BCUT2D eigenvalue weighted by atomic mass is 32.2. The molecule has 0 N–H and O–H groups in total. The molecule has 1 atom stereocenters. The average molecular weight is 351 g/mol. The topological polar surface area (TPSA) is 80.0 Å². The zero-order chi connectivity index (χ0) is 16.6. The summed E-state index contributed by atoms with van der Waals surface area (Å²) in [5.74, 6) is 2.00. The molecular formula is C17H13N5O2S. The van der Waals surface area contributed by atoms with Crippen LogP contribution in [0.3, 0.4) is 0 Å². The van der Waals surface area contributed by atoms with Crippen molar-refractivity contribution in [2.24, 2.45) is 10.1 Å². The van der Waals surface area contributed by atoms with E-state index in [2.05, 4.69) is 21.4 Å². The van der Waals surface area contributed by atoms with Crippen LogP contribution in [0.5, 0.6) is 0 Å². The lowest BCUT2D eigenvalue weighted by atomic mass is 10.0. The zero-order valence-electron chi connectivity index (χ0n) is 13.1. The Morgan fingerprint density at radius 2 is 2.12 bits per heavy atom. The van der Waals surface area contributed by atoms with E-state index in [-0.39, 0.29) is 6.04 Å². The van der Waals surface area contributed by atoms with E-state index in [1.54, 1.807) is 18.4 Å². The van der Waals surface area contributed by atoms with Gasteiger partial charge in [0.1, 0.15) is 0 Å². The van der Waals surface area contributed by atoms with Gasteiger partial charge in [-0.25, -0.2) is 10.0 Å². The van der Waals surface area contributed by atoms with Crippen LogP contribution < -0.4 is 0 Å². The van der Waals surface area contributed by atoms with Gasteiger partial charge in [0.25, 0.3) is 5.89 Å². The summed E-state index contributed by atoms with van der Waals surface area (Å²) in [4.78, 5) is 4.74. The Labute approximate surface area is 147 Å². The Balaban J connectivity index is 1.37. The van der Waals surface area contributed by atoms with Crippen LogP contribution in [0, 0.1) is 0 Å². The van der Waals surface area contributed by atoms with Crippen LogP contribution in [-0.4, -0.2) is 26.6 Å². The Hall–Kier alpha value is -2.87. The lowest BCUT2D eigenvalue weighted by Crippen LogP contribution is -2.27. The second-order valence-corrected chi connectivity index (χ2v) is 6.56. The molecule has 0 amide bonds. The number of amidine groups is 1. The quantitative estimate of drug-likeness (QED) is 0.709. The van der Waals surface area contributed by atoms with E-state index in [4.69, 9.17) is 13.8 Å². The zero-order valence-corrected chi connectivity index (χ0v) is 13.9. The molecule has 5 rings (SSSR count). The molecule has 124 valence electrons. The number of hydrogen-bond acceptors (Lipinski definition) is 8. The first kappa shape index (κ1) is 14.5. The maximum absolute atomic E-state index is 5.65. The highest BCUT2D eigenvalue weighted by Crippen LogP contribution is 2.41. The van der Waals surface area contributed by atoms with E-state index >= 15 is 0 Å². The fraction of sp³-hybridized carbons (Fsp3) is 0.176.